The third-order valence-electron chi connectivity index (χ3n) is 5.88. The van der Waals surface area contributed by atoms with Crippen LogP contribution >= 0.6 is 12.2 Å². The molecule has 10 nitrogen and oxygen atoms in total. The zero-order valence-electron chi connectivity index (χ0n) is 19.3. The van der Waals surface area contributed by atoms with Gasteiger partial charge in [0.15, 0.2) is 4.77 Å². The zero-order valence-corrected chi connectivity index (χ0v) is 20.1. The molecule has 0 aliphatic carbocycles. The first-order valence-electron chi connectivity index (χ1n) is 11.6. The topological polar surface area (TPSA) is 111 Å². The predicted molar refractivity (Wildman–Crippen MR) is 123 cm³/mol. The first kappa shape index (κ1) is 24.8. The van der Waals surface area contributed by atoms with Crippen LogP contribution in [0.4, 0.5) is 0 Å². The molecule has 180 valence electrons. The standard InChI is InChI=1S/C21H37N7O3S/c1-16(2)12-23-20(30)14-25-7-9-26(10-8-25)15-28-21(32)27(13-17-4-3-11-31-17)19(24-28)6-5-18(22)29/h16-17H,3-15H2,1-2H3,(H2,22,29)(H,23,30). The summed E-state index contributed by atoms with van der Waals surface area (Å²) in [6.07, 6.45) is 2.92. The van der Waals surface area contributed by atoms with E-state index in [1.165, 1.54) is 0 Å². The van der Waals surface area contributed by atoms with Gasteiger partial charge in [-0.15, -0.1) is 0 Å². The summed E-state index contributed by atoms with van der Waals surface area (Å²) in [5.74, 6) is 0.974. The Bertz CT molecular complexity index is 824. The minimum absolute atomic E-state index is 0.0846. The van der Waals surface area contributed by atoms with Crippen molar-refractivity contribution in [3.63, 3.8) is 0 Å². The highest BCUT2D eigenvalue weighted by Crippen LogP contribution is 2.17. The van der Waals surface area contributed by atoms with Gasteiger partial charge in [-0.3, -0.25) is 19.4 Å². The van der Waals surface area contributed by atoms with Crippen molar-refractivity contribution in [3.05, 3.63) is 10.6 Å². The van der Waals surface area contributed by atoms with E-state index in [0.717, 1.165) is 51.5 Å². The number of hydrogen-bond donors (Lipinski definition) is 2. The minimum atomic E-state index is -0.345. The molecular weight excluding hydrogens is 430 g/mol. The van der Waals surface area contributed by atoms with E-state index >= 15 is 0 Å². The Morgan fingerprint density at radius 1 is 1.25 bits per heavy atom. The lowest BCUT2D eigenvalue weighted by atomic mass is 10.2. The lowest BCUT2D eigenvalue weighted by Gasteiger charge is -2.34. The number of aromatic nitrogens is 3. The summed E-state index contributed by atoms with van der Waals surface area (Å²) in [4.78, 5) is 27.9. The van der Waals surface area contributed by atoms with Gasteiger partial charge < -0.3 is 20.4 Å². The monoisotopic (exact) mass is 467 g/mol. The highest BCUT2D eigenvalue weighted by molar-refractivity contribution is 7.71. The van der Waals surface area contributed by atoms with E-state index in [1.54, 1.807) is 0 Å². The third kappa shape index (κ3) is 7.36. The molecule has 1 atom stereocenters. The van der Waals surface area contributed by atoms with E-state index in [4.69, 9.17) is 27.8 Å². The van der Waals surface area contributed by atoms with Gasteiger partial charge in [-0.05, 0) is 31.0 Å². The zero-order chi connectivity index (χ0) is 23.1. The molecule has 3 N–H and O–H groups in total. The predicted octanol–water partition coefficient (Wildman–Crippen LogP) is 0.358. The van der Waals surface area contributed by atoms with Crippen LogP contribution in [-0.2, 0) is 34.0 Å². The van der Waals surface area contributed by atoms with Crippen molar-refractivity contribution in [1.82, 2.24) is 29.5 Å². The number of aryl methyl sites for hydroxylation is 1. The van der Waals surface area contributed by atoms with E-state index in [0.29, 0.717) is 43.4 Å². The first-order valence-corrected chi connectivity index (χ1v) is 12.0. The van der Waals surface area contributed by atoms with Crippen LogP contribution < -0.4 is 11.1 Å². The van der Waals surface area contributed by atoms with Crippen LogP contribution in [0.3, 0.4) is 0 Å². The van der Waals surface area contributed by atoms with Gasteiger partial charge in [-0.2, -0.15) is 5.10 Å². The van der Waals surface area contributed by atoms with Crippen molar-refractivity contribution >= 4 is 24.0 Å². The summed E-state index contributed by atoms with van der Waals surface area (Å²) in [5, 5.41) is 7.70. The van der Waals surface area contributed by atoms with Crippen LogP contribution in [-0.4, -0.2) is 87.9 Å². The van der Waals surface area contributed by atoms with Crippen LogP contribution in [0.5, 0.6) is 0 Å². The number of primary amides is 1. The van der Waals surface area contributed by atoms with Crippen LogP contribution in [0.15, 0.2) is 0 Å². The molecule has 3 rings (SSSR count). The molecule has 0 bridgehead atoms. The van der Waals surface area contributed by atoms with E-state index < -0.39 is 0 Å². The average Bonchev–Trinajstić information content (AvgIpc) is 3.36. The maximum atomic E-state index is 12.1. The molecule has 32 heavy (non-hydrogen) atoms. The van der Waals surface area contributed by atoms with Crippen LogP contribution in [0.25, 0.3) is 0 Å². The molecule has 2 saturated heterocycles. The molecule has 0 radical (unpaired) electrons. The molecule has 0 saturated carbocycles. The van der Waals surface area contributed by atoms with Crippen molar-refractivity contribution in [3.8, 4) is 0 Å². The molecule has 2 amide bonds. The summed E-state index contributed by atoms with van der Waals surface area (Å²) < 4.78 is 10.3. The number of amides is 2. The van der Waals surface area contributed by atoms with Gasteiger partial charge in [-0.1, -0.05) is 13.8 Å². The molecular formula is C21H37N7O3S. The number of piperazine rings is 1. The van der Waals surface area contributed by atoms with Gasteiger partial charge in [0.1, 0.15) is 5.82 Å². The van der Waals surface area contributed by atoms with Crippen LogP contribution in [0, 0.1) is 10.7 Å². The van der Waals surface area contributed by atoms with E-state index in [-0.39, 0.29) is 24.3 Å². The average molecular weight is 468 g/mol. The highest BCUT2D eigenvalue weighted by atomic mass is 32.1. The normalized spacial score (nSPS) is 20.2. The highest BCUT2D eigenvalue weighted by Gasteiger charge is 2.23. The molecule has 11 heteroatoms. The summed E-state index contributed by atoms with van der Waals surface area (Å²) in [5.41, 5.74) is 5.35. The molecule has 2 fully saturated rings. The Morgan fingerprint density at radius 2 is 1.97 bits per heavy atom. The molecule has 0 spiro atoms. The number of nitrogens with one attached hydrogen (secondary N) is 1. The fraction of sp³-hybridized carbons (Fsp3) is 0.810. The van der Waals surface area contributed by atoms with Crippen LogP contribution in [0.1, 0.15) is 38.9 Å². The van der Waals surface area contributed by atoms with Gasteiger partial charge in [0.25, 0.3) is 0 Å². The maximum Gasteiger partial charge on any atom is 0.234 e. The van der Waals surface area contributed by atoms with Crippen molar-refractivity contribution in [2.24, 2.45) is 11.7 Å². The SMILES string of the molecule is CC(C)CNC(=O)CN1CCN(Cn2nc(CCC(N)=O)n(CC3CCCO3)c2=S)CC1. The van der Waals surface area contributed by atoms with Gasteiger partial charge >= 0.3 is 0 Å². The number of nitrogens with zero attached hydrogens (tertiary/aromatic N) is 5. The second kappa shape index (κ2) is 11.9. The van der Waals surface area contributed by atoms with Gasteiger partial charge in [0.2, 0.25) is 11.8 Å². The van der Waals surface area contributed by atoms with E-state index in [2.05, 4.69) is 29.0 Å². The van der Waals surface area contributed by atoms with Crippen molar-refractivity contribution in [2.45, 2.75) is 58.8 Å². The number of rotatable bonds is 11. The Balaban J connectivity index is 1.56. The Labute approximate surface area is 195 Å². The first-order chi connectivity index (χ1) is 15.3. The summed E-state index contributed by atoms with van der Waals surface area (Å²) in [7, 11) is 0. The lowest BCUT2D eigenvalue weighted by molar-refractivity contribution is -0.123. The molecule has 2 aliphatic heterocycles. The number of hydrogen-bond acceptors (Lipinski definition) is 7. The van der Waals surface area contributed by atoms with Gasteiger partial charge in [-0.25, -0.2) is 4.68 Å². The minimum Gasteiger partial charge on any atom is -0.376 e. The van der Waals surface area contributed by atoms with E-state index in [9.17, 15) is 9.59 Å². The summed E-state index contributed by atoms with van der Waals surface area (Å²) in [6.45, 7) is 10.7. The quantitative estimate of drug-likeness (QED) is 0.452. The van der Waals surface area contributed by atoms with Crippen LogP contribution in [0.2, 0.25) is 0 Å². The second-order valence-corrected chi connectivity index (χ2v) is 9.51. The van der Waals surface area contributed by atoms with E-state index in [1.807, 2.05) is 9.25 Å². The fourth-order valence-corrected chi connectivity index (χ4v) is 4.31. The Morgan fingerprint density at radius 3 is 2.59 bits per heavy atom. The lowest BCUT2D eigenvalue weighted by Crippen LogP contribution is -2.50. The molecule has 2 aliphatic rings. The van der Waals surface area contributed by atoms with Gasteiger partial charge in [0, 0.05) is 52.2 Å². The largest absolute Gasteiger partial charge is 0.376 e. The number of nitrogens with two attached hydrogens (primary N) is 1. The smallest absolute Gasteiger partial charge is 0.234 e. The number of carbonyl (C=O) groups is 2. The van der Waals surface area contributed by atoms with Crippen molar-refractivity contribution in [2.75, 3.05) is 45.9 Å². The fourth-order valence-electron chi connectivity index (χ4n) is 4.03. The summed E-state index contributed by atoms with van der Waals surface area (Å²) >= 11 is 5.73. The van der Waals surface area contributed by atoms with Gasteiger partial charge in [0.05, 0.1) is 25.9 Å². The molecule has 1 aromatic heterocycles. The Kier molecular flexibility index (Phi) is 9.21. The van der Waals surface area contributed by atoms with Crippen molar-refractivity contribution in [1.29, 1.82) is 0 Å². The molecule has 1 unspecified atom stereocenters. The molecule has 0 aromatic carbocycles. The summed E-state index contributed by atoms with van der Waals surface area (Å²) in [6, 6.07) is 0. The Hall–Kier alpha value is -1.82. The second-order valence-electron chi connectivity index (χ2n) is 9.14. The molecule has 1 aromatic rings. The maximum absolute atomic E-state index is 12.1. The number of ether oxygens (including phenoxy) is 1. The third-order valence-corrected chi connectivity index (χ3v) is 6.31. The van der Waals surface area contributed by atoms with Crippen molar-refractivity contribution < 1.29 is 14.3 Å². The number of carbonyl (C=O) groups excluding carboxylic acids is 2. The molecule has 3 heterocycles.